The molecule has 0 radical (unpaired) electrons. The van der Waals surface area contributed by atoms with Crippen LogP contribution in [0.2, 0.25) is 0 Å². The van der Waals surface area contributed by atoms with Gasteiger partial charge in [-0.3, -0.25) is 14.9 Å². The van der Waals surface area contributed by atoms with Crippen molar-refractivity contribution in [3.05, 3.63) is 70.3 Å². The molecule has 142 valence electrons. The quantitative estimate of drug-likeness (QED) is 0.411. The van der Waals surface area contributed by atoms with E-state index >= 15 is 0 Å². The van der Waals surface area contributed by atoms with E-state index in [1.54, 1.807) is 0 Å². The van der Waals surface area contributed by atoms with Gasteiger partial charge in [-0.05, 0) is 23.6 Å². The van der Waals surface area contributed by atoms with E-state index in [9.17, 15) is 19.7 Å². The van der Waals surface area contributed by atoms with Crippen molar-refractivity contribution < 1.29 is 24.0 Å². The summed E-state index contributed by atoms with van der Waals surface area (Å²) in [4.78, 5) is 33.4. The van der Waals surface area contributed by atoms with Crippen molar-refractivity contribution in [3.63, 3.8) is 0 Å². The van der Waals surface area contributed by atoms with E-state index in [0.717, 1.165) is 5.56 Å². The van der Waals surface area contributed by atoms with E-state index in [2.05, 4.69) is 5.32 Å². The lowest BCUT2D eigenvalue weighted by Gasteiger charge is -2.13. The van der Waals surface area contributed by atoms with Crippen LogP contribution in [0, 0.1) is 10.1 Å². The molecule has 0 saturated heterocycles. The monoisotopic (exact) mass is 372 g/mol. The summed E-state index contributed by atoms with van der Waals surface area (Å²) >= 11 is 0. The van der Waals surface area contributed by atoms with Crippen LogP contribution in [0.25, 0.3) is 0 Å². The van der Waals surface area contributed by atoms with Gasteiger partial charge in [-0.15, -0.1) is 0 Å². The molecule has 0 fully saturated rings. The van der Waals surface area contributed by atoms with Gasteiger partial charge in [0.1, 0.15) is 5.75 Å². The number of esters is 1. The van der Waals surface area contributed by atoms with Crippen LogP contribution in [-0.4, -0.2) is 36.6 Å². The minimum Gasteiger partial charge on any atom is -0.482 e. The minimum atomic E-state index is -0.709. The Morgan fingerprint density at radius 2 is 1.74 bits per heavy atom. The van der Waals surface area contributed by atoms with Gasteiger partial charge >= 0.3 is 5.97 Å². The molecule has 0 unspecified atom stereocenters. The number of hydrogen-bond acceptors (Lipinski definition) is 6. The van der Waals surface area contributed by atoms with Gasteiger partial charge in [0.05, 0.1) is 4.92 Å². The summed E-state index contributed by atoms with van der Waals surface area (Å²) in [5.74, 6) is -0.684. The van der Waals surface area contributed by atoms with Crippen LogP contribution in [0.3, 0.4) is 0 Å². The number of ether oxygens (including phenoxy) is 2. The first kappa shape index (κ1) is 19.9. The number of nitrogens with zero attached hydrogens (tertiary/aromatic N) is 1. The Morgan fingerprint density at radius 1 is 1.07 bits per heavy atom. The van der Waals surface area contributed by atoms with Crippen LogP contribution < -0.4 is 10.1 Å². The fourth-order valence-electron chi connectivity index (χ4n) is 2.21. The van der Waals surface area contributed by atoms with Crippen molar-refractivity contribution in [2.75, 3.05) is 19.8 Å². The van der Waals surface area contributed by atoms with Crippen molar-refractivity contribution in [2.24, 2.45) is 0 Å². The number of carbonyl (C=O) groups is 2. The lowest BCUT2D eigenvalue weighted by molar-refractivity contribution is -0.384. The zero-order chi connectivity index (χ0) is 19.6. The molecule has 0 aromatic heterocycles. The Hall–Kier alpha value is -3.42. The number of nitro groups is 1. The van der Waals surface area contributed by atoms with Gasteiger partial charge in [-0.25, -0.2) is 4.79 Å². The largest absolute Gasteiger partial charge is 0.482 e. The third-order valence-corrected chi connectivity index (χ3v) is 3.74. The maximum Gasteiger partial charge on any atom is 0.344 e. The van der Waals surface area contributed by atoms with E-state index in [4.69, 9.17) is 9.47 Å². The summed E-state index contributed by atoms with van der Waals surface area (Å²) in [5.41, 5.74) is 1.03. The van der Waals surface area contributed by atoms with Crippen molar-refractivity contribution >= 4 is 17.6 Å². The Bertz CT molecular complexity index is 777. The molecule has 1 atom stereocenters. The third-order valence-electron chi connectivity index (χ3n) is 3.74. The Kier molecular flexibility index (Phi) is 7.30. The minimum absolute atomic E-state index is 0.0775. The summed E-state index contributed by atoms with van der Waals surface area (Å²) in [5, 5.41) is 13.3. The molecule has 1 N–H and O–H groups in total. The van der Waals surface area contributed by atoms with Crippen LogP contribution in [0.5, 0.6) is 5.75 Å². The molecule has 0 aliphatic carbocycles. The van der Waals surface area contributed by atoms with Crippen LogP contribution in [-0.2, 0) is 14.3 Å². The molecule has 2 aromatic rings. The number of nitrogens with one attached hydrogen (secondary N) is 1. The number of hydrogen-bond donors (Lipinski definition) is 1. The maximum absolute atomic E-state index is 11.8. The Morgan fingerprint density at radius 3 is 2.37 bits per heavy atom. The summed E-state index contributed by atoms with van der Waals surface area (Å²) in [7, 11) is 0. The SMILES string of the molecule is C[C@H](CNC(=O)COC(=O)COc1ccc([N+](=O)[O-])cc1)c1ccccc1. The molecular formula is C19H20N2O6. The smallest absolute Gasteiger partial charge is 0.344 e. The molecule has 2 rings (SSSR count). The van der Waals surface area contributed by atoms with Gasteiger partial charge in [-0.1, -0.05) is 37.3 Å². The number of rotatable bonds is 9. The average Bonchev–Trinajstić information content (AvgIpc) is 2.69. The lowest BCUT2D eigenvalue weighted by Crippen LogP contribution is -2.32. The number of amides is 1. The van der Waals surface area contributed by atoms with Crippen molar-refractivity contribution in [1.29, 1.82) is 0 Å². The predicted molar refractivity (Wildman–Crippen MR) is 97.4 cm³/mol. The molecule has 27 heavy (non-hydrogen) atoms. The lowest BCUT2D eigenvalue weighted by atomic mass is 10.0. The maximum atomic E-state index is 11.8. The second-order valence-electron chi connectivity index (χ2n) is 5.82. The highest BCUT2D eigenvalue weighted by Crippen LogP contribution is 2.17. The van der Waals surface area contributed by atoms with E-state index in [-0.39, 0.29) is 11.6 Å². The van der Waals surface area contributed by atoms with Crippen LogP contribution in [0.15, 0.2) is 54.6 Å². The van der Waals surface area contributed by atoms with E-state index in [1.807, 2.05) is 37.3 Å². The van der Waals surface area contributed by atoms with E-state index in [1.165, 1.54) is 24.3 Å². The number of nitro benzene ring substituents is 1. The van der Waals surface area contributed by atoms with Crippen LogP contribution >= 0.6 is 0 Å². The molecule has 0 spiro atoms. The van der Waals surface area contributed by atoms with E-state index < -0.39 is 30.0 Å². The van der Waals surface area contributed by atoms with Crippen molar-refractivity contribution in [3.8, 4) is 5.75 Å². The molecule has 0 saturated carbocycles. The molecule has 2 aromatic carbocycles. The van der Waals surface area contributed by atoms with Gasteiger partial charge in [-0.2, -0.15) is 0 Å². The predicted octanol–water partition coefficient (Wildman–Crippen LogP) is 2.44. The first-order valence-electron chi connectivity index (χ1n) is 8.30. The first-order valence-corrected chi connectivity index (χ1v) is 8.30. The summed E-state index contributed by atoms with van der Waals surface area (Å²) < 4.78 is 10.0. The summed E-state index contributed by atoms with van der Waals surface area (Å²) in [6, 6.07) is 15.0. The van der Waals surface area contributed by atoms with Gasteiger partial charge in [0, 0.05) is 18.7 Å². The van der Waals surface area contributed by atoms with Crippen LogP contribution in [0.1, 0.15) is 18.4 Å². The highest BCUT2D eigenvalue weighted by molar-refractivity contribution is 5.80. The van der Waals surface area contributed by atoms with E-state index in [0.29, 0.717) is 12.3 Å². The van der Waals surface area contributed by atoms with Crippen molar-refractivity contribution in [2.45, 2.75) is 12.8 Å². The van der Waals surface area contributed by atoms with Gasteiger partial charge in [0.15, 0.2) is 13.2 Å². The topological polar surface area (TPSA) is 108 Å². The highest BCUT2D eigenvalue weighted by Gasteiger charge is 2.11. The van der Waals surface area contributed by atoms with Gasteiger partial charge in [0.25, 0.3) is 11.6 Å². The standard InChI is InChI=1S/C19H20N2O6/c1-14(15-5-3-2-4-6-15)11-20-18(22)12-27-19(23)13-26-17-9-7-16(8-10-17)21(24)25/h2-10,14H,11-13H2,1H3,(H,20,22)/t14-/m1/s1. The zero-order valence-electron chi connectivity index (χ0n) is 14.8. The van der Waals surface area contributed by atoms with Crippen LogP contribution in [0.4, 0.5) is 5.69 Å². The normalized spacial score (nSPS) is 11.3. The number of benzene rings is 2. The molecule has 0 bridgehead atoms. The molecule has 1 amide bonds. The Balaban J connectivity index is 1.66. The molecule has 0 aliphatic rings. The van der Waals surface area contributed by atoms with Gasteiger partial charge in [0.2, 0.25) is 0 Å². The van der Waals surface area contributed by atoms with Crippen molar-refractivity contribution in [1.82, 2.24) is 5.32 Å². The molecule has 8 heteroatoms. The van der Waals surface area contributed by atoms with Gasteiger partial charge < -0.3 is 14.8 Å². The second-order valence-corrected chi connectivity index (χ2v) is 5.82. The Labute approximate surface area is 156 Å². The molecule has 0 aliphatic heterocycles. The highest BCUT2D eigenvalue weighted by atomic mass is 16.6. The number of carbonyl (C=O) groups excluding carboxylic acids is 2. The fraction of sp³-hybridized carbons (Fsp3) is 0.263. The number of non-ortho nitro benzene ring substituents is 1. The second kappa shape index (κ2) is 9.91. The molecule has 0 heterocycles. The average molecular weight is 372 g/mol. The summed E-state index contributed by atoms with van der Waals surface area (Å²) in [6.45, 7) is 1.62. The zero-order valence-corrected chi connectivity index (χ0v) is 14.8. The third kappa shape index (κ3) is 6.77. The summed E-state index contributed by atoms with van der Waals surface area (Å²) in [6.07, 6.45) is 0. The first-order chi connectivity index (χ1) is 13.0. The molecule has 8 nitrogen and oxygen atoms in total. The molecular weight excluding hydrogens is 352 g/mol. The fourth-order valence-corrected chi connectivity index (χ4v) is 2.21.